The van der Waals surface area contributed by atoms with Crippen molar-refractivity contribution in [2.45, 2.75) is 90.9 Å². The molecule has 0 spiro atoms. The summed E-state index contributed by atoms with van der Waals surface area (Å²) in [5.74, 6) is 0.269. The van der Waals surface area contributed by atoms with Gasteiger partial charge in [0.15, 0.2) is 0 Å². The van der Waals surface area contributed by atoms with Crippen LogP contribution < -0.4 is 9.38 Å². The van der Waals surface area contributed by atoms with Crippen molar-refractivity contribution in [2.24, 2.45) is 0 Å². The summed E-state index contributed by atoms with van der Waals surface area (Å²) in [5.41, 5.74) is 1.09. The Bertz CT molecular complexity index is 959. The molecule has 2 aromatic rings. The molecule has 1 aliphatic heterocycles. The molecule has 0 saturated carbocycles. The maximum absolute atomic E-state index is 13.7. The van der Waals surface area contributed by atoms with Gasteiger partial charge in [0.05, 0.1) is 13.0 Å². The lowest BCUT2D eigenvalue weighted by molar-refractivity contribution is -0.155. The highest BCUT2D eigenvalue weighted by atomic mass is 32.1. The number of hydrogen-bond acceptors (Lipinski definition) is 8. The number of quaternary nitrogens is 1. The molecular weight excluding hydrogens is 464 g/mol. The van der Waals surface area contributed by atoms with Crippen LogP contribution in [0, 0.1) is 5.21 Å². The lowest BCUT2D eigenvalue weighted by Gasteiger charge is -2.38. The van der Waals surface area contributed by atoms with E-state index >= 15 is 0 Å². The van der Waals surface area contributed by atoms with E-state index in [-0.39, 0.29) is 24.6 Å². The predicted octanol–water partition coefficient (Wildman–Crippen LogP) is 5.39. The van der Waals surface area contributed by atoms with Crippen molar-refractivity contribution >= 4 is 22.4 Å². The van der Waals surface area contributed by atoms with E-state index in [4.69, 9.17) is 9.47 Å². The molecule has 194 valence electrons. The summed E-state index contributed by atoms with van der Waals surface area (Å²) >= 11 is 1.29. The number of carbonyl (C=O) groups excluding carboxylic acids is 1. The summed E-state index contributed by atoms with van der Waals surface area (Å²) in [6.45, 7) is 10.6. The van der Waals surface area contributed by atoms with Crippen molar-refractivity contribution in [3.8, 4) is 5.75 Å². The first-order valence-corrected chi connectivity index (χ1v) is 13.4. The predicted molar refractivity (Wildman–Crippen MR) is 140 cm³/mol. The smallest absolute Gasteiger partial charge is 0.314 e. The summed E-state index contributed by atoms with van der Waals surface area (Å²) in [4.78, 5) is 14.6. The van der Waals surface area contributed by atoms with Crippen molar-refractivity contribution in [3.05, 3.63) is 40.0 Å². The molecular formula is C26H40N4O4S. The molecule has 1 aliphatic rings. The van der Waals surface area contributed by atoms with Crippen LogP contribution in [0.5, 0.6) is 5.75 Å². The summed E-state index contributed by atoms with van der Waals surface area (Å²) < 4.78 is 10.8. The van der Waals surface area contributed by atoms with Crippen molar-refractivity contribution in [2.75, 3.05) is 20.3 Å². The molecule has 0 amide bonds. The molecule has 0 radical (unpaired) electrons. The van der Waals surface area contributed by atoms with E-state index in [0.29, 0.717) is 11.7 Å². The van der Waals surface area contributed by atoms with Gasteiger partial charge in [-0.25, -0.2) is 4.90 Å². The van der Waals surface area contributed by atoms with Crippen LogP contribution >= 0.6 is 11.3 Å². The molecule has 2 heterocycles. The van der Waals surface area contributed by atoms with Crippen LogP contribution in [0.15, 0.2) is 24.3 Å². The van der Waals surface area contributed by atoms with Gasteiger partial charge in [-0.1, -0.05) is 64.2 Å². The third-order valence-electron chi connectivity index (χ3n) is 6.07. The highest BCUT2D eigenvalue weighted by Crippen LogP contribution is 2.37. The van der Waals surface area contributed by atoms with Gasteiger partial charge < -0.3 is 14.7 Å². The van der Waals surface area contributed by atoms with Crippen molar-refractivity contribution in [1.82, 2.24) is 19.7 Å². The molecule has 3 atom stereocenters. The zero-order valence-corrected chi connectivity index (χ0v) is 22.8. The van der Waals surface area contributed by atoms with Gasteiger partial charge in [0.2, 0.25) is 0 Å². The molecule has 9 heteroatoms. The molecule has 0 N–H and O–H groups in total. The Labute approximate surface area is 213 Å². The Morgan fingerprint density at radius 1 is 1.23 bits per heavy atom. The average Bonchev–Trinajstić information content (AvgIpc) is 3.38. The largest absolute Gasteiger partial charge is 0.622 e. The zero-order chi connectivity index (χ0) is 25.6. The molecule has 1 saturated heterocycles. The van der Waals surface area contributed by atoms with E-state index in [9.17, 15) is 10.0 Å². The molecule has 35 heavy (non-hydrogen) atoms. The number of unbranched alkanes of at least 4 members (excludes halogenated alkanes) is 3. The number of ether oxygens (including phenoxy) is 2. The number of likely N-dealkylation sites (N-methyl/N-ethyl adjacent to an activating group) is 1. The second-order valence-corrected chi connectivity index (χ2v) is 11.6. The molecule has 0 bridgehead atoms. The number of benzene rings is 1. The van der Waals surface area contributed by atoms with Crippen molar-refractivity contribution in [3.63, 3.8) is 0 Å². The van der Waals surface area contributed by atoms with Crippen LogP contribution in [-0.4, -0.2) is 53.7 Å². The first-order chi connectivity index (χ1) is 16.5. The van der Waals surface area contributed by atoms with Gasteiger partial charge in [-0.2, -0.15) is 0 Å². The minimum Gasteiger partial charge on any atom is -0.622 e. The molecule has 0 aliphatic carbocycles. The summed E-state index contributed by atoms with van der Waals surface area (Å²) in [6, 6.07) is 8.06. The first kappa shape index (κ1) is 27.5. The van der Waals surface area contributed by atoms with Gasteiger partial charge in [-0.05, 0) is 55.8 Å². The van der Waals surface area contributed by atoms with Crippen LogP contribution in [0.25, 0.3) is 0 Å². The van der Waals surface area contributed by atoms with Crippen LogP contribution in [0.2, 0.25) is 0 Å². The molecule has 8 nitrogen and oxygen atoms in total. The van der Waals surface area contributed by atoms with E-state index in [0.717, 1.165) is 17.2 Å². The maximum Gasteiger partial charge on any atom is 0.314 e. The highest BCUT2D eigenvalue weighted by molar-refractivity contribution is 7.15. The third kappa shape index (κ3) is 7.46. The number of hydroxylamine groups is 2. The average molecular weight is 505 g/mol. The number of esters is 1. The maximum atomic E-state index is 13.7. The molecule has 1 aromatic carbocycles. The van der Waals surface area contributed by atoms with Crippen LogP contribution in [0.3, 0.4) is 0 Å². The molecule has 3 unspecified atom stereocenters. The summed E-state index contributed by atoms with van der Waals surface area (Å²) in [6.07, 6.45) is 4.83. The lowest BCUT2D eigenvalue weighted by atomic mass is 9.98. The molecule has 1 aromatic heterocycles. The SMILES string of the molecule is CCCCCCc1ccc(OC(C)CC(=O)OC2CN(C)C[N+]2([O-])c2nnc(C(C)(C)C)s2)cc1. The highest BCUT2D eigenvalue weighted by Gasteiger charge is 2.45. The van der Waals surface area contributed by atoms with Crippen molar-refractivity contribution in [1.29, 1.82) is 0 Å². The minimum absolute atomic E-state index is 0.0579. The normalized spacial score (nSPS) is 21.7. The van der Waals surface area contributed by atoms with Gasteiger partial charge in [-0.15, -0.1) is 5.10 Å². The summed E-state index contributed by atoms with van der Waals surface area (Å²) in [5, 5.41) is 23.2. The van der Waals surface area contributed by atoms with E-state index in [1.807, 2.05) is 51.8 Å². The van der Waals surface area contributed by atoms with Gasteiger partial charge in [0.25, 0.3) is 6.23 Å². The topological polar surface area (TPSA) is 87.6 Å². The van der Waals surface area contributed by atoms with E-state index in [1.54, 1.807) is 0 Å². The third-order valence-corrected chi connectivity index (χ3v) is 7.53. The van der Waals surface area contributed by atoms with Crippen molar-refractivity contribution < 1.29 is 14.3 Å². The molecule has 1 fully saturated rings. The van der Waals surface area contributed by atoms with Crippen LogP contribution in [0.1, 0.15) is 77.3 Å². The number of aromatic nitrogens is 2. The Kier molecular flexibility index (Phi) is 9.26. The van der Waals surface area contributed by atoms with Crippen LogP contribution in [-0.2, 0) is 21.4 Å². The van der Waals surface area contributed by atoms with E-state index in [2.05, 4.69) is 29.3 Å². The number of carbonyl (C=O) groups is 1. The number of hydrogen-bond donors (Lipinski definition) is 0. The fraction of sp³-hybridized carbons (Fsp3) is 0.654. The Balaban J connectivity index is 1.54. The zero-order valence-electron chi connectivity index (χ0n) is 22.0. The second kappa shape index (κ2) is 11.8. The van der Waals surface area contributed by atoms with Gasteiger partial charge in [0.1, 0.15) is 23.5 Å². The lowest BCUT2D eigenvalue weighted by Crippen LogP contribution is -2.51. The Morgan fingerprint density at radius 3 is 2.57 bits per heavy atom. The van der Waals surface area contributed by atoms with Gasteiger partial charge in [-0.3, -0.25) is 9.44 Å². The van der Waals surface area contributed by atoms with E-state index in [1.165, 1.54) is 42.6 Å². The van der Waals surface area contributed by atoms with Gasteiger partial charge >= 0.3 is 11.1 Å². The van der Waals surface area contributed by atoms with E-state index < -0.39 is 16.8 Å². The first-order valence-electron chi connectivity index (χ1n) is 12.6. The summed E-state index contributed by atoms with van der Waals surface area (Å²) in [7, 11) is 1.84. The quantitative estimate of drug-likeness (QED) is 0.175. The fourth-order valence-corrected chi connectivity index (χ4v) is 5.05. The Morgan fingerprint density at radius 2 is 1.94 bits per heavy atom. The Hall–Kier alpha value is -2.07. The minimum atomic E-state index is -0.882. The number of nitrogens with zero attached hydrogens (tertiary/aromatic N) is 4. The number of rotatable bonds is 11. The fourth-order valence-electron chi connectivity index (χ4n) is 4.08. The number of aryl methyl sites for hydroxylation is 1. The standard InChI is InChI=1S/C26H40N4O4S/c1-7-8-9-10-11-20-12-14-21(15-13-20)33-19(2)16-23(31)34-22-17-29(6)18-30(22,32)25-28-27-24(35-25)26(3,4)5/h12-15,19,22H,7-11,16-18H2,1-6H3. The molecule has 3 rings (SSSR count). The monoisotopic (exact) mass is 504 g/mol. The second-order valence-electron chi connectivity index (χ2n) is 10.6. The van der Waals surface area contributed by atoms with Gasteiger partial charge in [0, 0.05) is 5.41 Å². The van der Waals surface area contributed by atoms with Crippen LogP contribution in [0.4, 0.5) is 5.13 Å².